The van der Waals surface area contributed by atoms with Gasteiger partial charge in [0.05, 0.1) is 6.61 Å². The standard InChI is InChI=1S/C15H20F2N2O2/c1-15(14(20)18(2)3)10-19(6-7-21-15)9-11-4-5-12(16)13(17)8-11/h4-5,8H,6-7,9-10H2,1-3H3/t15-/m0/s1. The van der Waals surface area contributed by atoms with Crippen LogP contribution in [0, 0.1) is 11.6 Å². The molecular weight excluding hydrogens is 278 g/mol. The Morgan fingerprint density at radius 1 is 1.38 bits per heavy atom. The fourth-order valence-corrected chi connectivity index (χ4v) is 2.58. The molecule has 1 amide bonds. The van der Waals surface area contributed by atoms with Crippen LogP contribution in [0.5, 0.6) is 0 Å². The van der Waals surface area contributed by atoms with Crippen molar-refractivity contribution in [3.63, 3.8) is 0 Å². The molecule has 1 aliphatic heterocycles. The summed E-state index contributed by atoms with van der Waals surface area (Å²) in [4.78, 5) is 15.7. The van der Waals surface area contributed by atoms with Gasteiger partial charge in [-0.1, -0.05) is 6.07 Å². The largest absolute Gasteiger partial charge is 0.363 e. The minimum atomic E-state index is -0.902. The lowest BCUT2D eigenvalue weighted by molar-refractivity contribution is -0.165. The van der Waals surface area contributed by atoms with Crippen LogP contribution in [-0.2, 0) is 16.1 Å². The SMILES string of the molecule is CN(C)C(=O)[C@]1(C)CN(Cc2ccc(F)c(F)c2)CCO1. The summed E-state index contributed by atoms with van der Waals surface area (Å²) in [6.45, 7) is 3.71. The summed E-state index contributed by atoms with van der Waals surface area (Å²) < 4.78 is 31.8. The number of hydrogen-bond acceptors (Lipinski definition) is 3. The van der Waals surface area contributed by atoms with Crippen molar-refractivity contribution >= 4 is 5.91 Å². The lowest BCUT2D eigenvalue weighted by atomic mass is 10.0. The Morgan fingerprint density at radius 2 is 2.10 bits per heavy atom. The van der Waals surface area contributed by atoms with Crippen LogP contribution >= 0.6 is 0 Å². The Hall–Kier alpha value is -1.53. The van der Waals surface area contributed by atoms with E-state index in [0.29, 0.717) is 31.8 Å². The zero-order valence-corrected chi connectivity index (χ0v) is 12.5. The van der Waals surface area contributed by atoms with E-state index in [9.17, 15) is 13.6 Å². The maximum atomic E-state index is 13.2. The van der Waals surface area contributed by atoms with Crippen molar-refractivity contribution in [1.82, 2.24) is 9.80 Å². The summed E-state index contributed by atoms with van der Waals surface area (Å²) in [5.74, 6) is -1.81. The van der Waals surface area contributed by atoms with E-state index in [1.54, 1.807) is 27.1 Å². The molecule has 0 aromatic heterocycles. The summed E-state index contributed by atoms with van der Waals surface area (Å²) >= 11 is 0. The predicted octanol–water partition coefficient (Wildman–Crippen LogP) is 1.64. The molecular formula is C15H20F2N2O2. The van der Waals surface area contributed by atoms with Gasteiger partial charge in [0.2, 0.25) is 0 Å². The van der Waals surface area contributed by atoms with Crippen molar-refractivity contribution in [3.8, 4) is 0 Å². The van der Waals surface area contributed by atoms with Gasteiger partial charge >= 0.3 is 0 Å². The summed E-state index contributed by atoms with van der Waals surface area (Å²) in [6.07, 6.45) is 0. The molecule has 4 nitrogen and oxygen atoms in total. The average Bonchev–Trinajstić information content (AvgIpc) is 2.42. The number of morpholine rings is 1. The topological polar surface area (TPSA) is 32.8 Å². The predicted molar refractivity (Wildman–Crippen MR) is 74.7 cm³/mol. The molecule has 0 saturated carbocycles. The smallest absolute Gasteiger partial charge is 0.255 e. The number of carbonyl (C=O) groups excluding carboxylic acids is 1. The van der Waals surface area contributed by atoms with Gasteiger partial charge in [0.1, 0.15) is 0 Å². The molecule has 1 fully saturated rings. The normalized spacial score (nSPS) is 23.1. The van der Waals surface area contributed by atoms with Gasteiger partial charge in [-0.2, -0.15) is 0 Å². The number of hydrogen-bond donors (Lipinski definition) is 0. The van der Waals surface area contributed by atoms with Gasteiger partial charge in [0.15, 0.2) is 17.2 Å². The number of benzene rings is 1. The number of rotatable bonds is 3. The van der Waals surface area contributed by atoms with Crippen LogP contribution in [0.4, 0.5) is 8.78 Å². The Kier molecular flexibility index (Phi) is 4.58. The van der Waals surface area contributed by atoms with E-state index < -0.39 is 17.2 Å². The summed E-state index contributed by atoms with van der Waals surface area (Å²) in [5, 5.41) is 0. The lowest BCUT2D eigenvalue weighted by Gasteiger charge is -2.40. The van der Waals surface area contributed by atoms with Gasteiger partial charge in [-0.15, -0.1) is 0 Å². The first-order chi connectivity index (χ1) is 9.82. The second-order valence-corrected chi connectivity index (χ2v) is 5.74. The number of amides is 1. The van der Waals surface area contributed by atoms with E-state index in [1.165, 1.54) is 11.0 Å². The van der Waals surface area contributed by atoms with Crippen LogP contribution in [0.2, 0.25) is 0 Å². The molecule has 1 heterocycles. The second kappa shape index (κ2) is 6.07. The van der Waals surface area contributed by atoms with Gasteiger partial charge in [-0.3, -0.25) is 9.69 Å². The van der Waals surface area contributed by atoms with Crippen molar-refractivity contribution in [2.45, 2.75) is 19.1 Å². The van der Waals surface area contributed by atoms with Gasteiger partial charge < -0.3 is 9.64 Å². The second-order valence-electron chi connectivity index (χ2n) is 5.74. The molecule has 0 N–H and O–H groups in total. The maximum absolute atomic E-state index is 13.2. The van der Waals surface area contributed by atoms with Crippen molar-refractivity contribution < 1.29 is 18.3 Å². The van der Waals surface area contributed by atoms with E-state index in [-0.39, 0.29) is 5.91 Å². The van der Waals surface area contributed by atoms with Crippen LogP contribution in [-0.4, -0.2) is 55.1 Å². The third-order valence-electron chi connectivity index (χ3n) is 3.60. The fraction of sp³-hybridized carbons (Fsp3) is 0.533. The molecule has 0 bridgehead atoms. The van der Waals surface area contributed by atoms with Gasteiger partial charge in [0.25, 0.3) is 5.91 Å². The molecule has 1 aromatic carbocycles. The quantitative estimate of drug-likeness (QED) is 0.850. The molecule has 0 radical (unpaired) electrons. The molecule has 1 aliphatic rings. The third kappa shape index (κ3) is 3.57. The average molecular weight is 298 g/mol. The molecule has 6 heteroatoms. The lowest BCUT2D eigenvalue weighted by Crippen LogP contribution is -2.57. The molecule has 1 saturated heterocycles. The Morgan fingerprint density at radius 3 is 2.71 bits per heavy atom. The zero-order valence-electron chi connectivity index (χ0n) is 12.5. The van der Waals surface area contributed by atoms with Crippen LogP contribution in [0.15, 0.2) is 18.2 Å². The van der Waals surface area contributed by atoms with Crippen molar-refractivity contribution in [3.05, 3.63) is 35.4 Å². The summed E-state index contributed by atoms with van der Waals surface area (Å²) in [5.41, 5.74) is -0.226. The van der Waals surface area contributed by atoms with Gasteiger partial charge in [0, 0.05) is 33.7 Å². The number of nitrogens with zero attached hydrogens (tertiary/aromatic N) is 2. The molecule has 1 aromatic rings. The highest BCUT2D eigenvalue weighted by Crippen LogP contribution is 2.21. The Balaban J connectivity index is 2.07. The van der Waals surface area contributed by atoms with Crippen molar-refractivity contribution in [1.29, 1.82) is 0 Å². The van der Waals surface area contributed by atoms with Crippen LogP contribution in [0.1, 0.15) is 12.5 Å². The van der Waals surface area contributed by atoms with Crippen molar-refractivity contribution in [2.75, 3.05) is 33.8 Å². The number of likely N-dealkylation sites (N-methyl/N-ethyl adjacent to an activating group) is 1. The molecule has 116 valence electrons. The first-order valence-corrected chi connectivity index (χ1v) is 6.84. The van der Waals surface area contributed by atoms with Crippen LogP contribution < -0.4 is 0 Å². The molecule has 1 atom stereocenters. The summed E-state index contributed by atoms with van der Waals surface area (Å²) in [6, 6.07) is 3.87. The van der Waals surface area contributed by atoms with E-state index in [4.69, 9.17) is 4.74 Å². The highest BCUT2D eigenvalue weighted by atomic mass is 19.2. The first kappa shape index (κ1) is 15.9. The van der Waals surface area contributed by atoms with Gasteiger partial charge in [-0.05, 0) is 24.6 Å². The highest BCUT2D eigenvalue weighted by molar-refractivity contribution is 5.84. The Bertz CT molecular complexity index is 536. The highest BCUT2D eigenvalue weighted by Gasteiger charge is 2.40. The molecule has 0 spiro atoms. The maximum Gasteiger partial charge on any atom is 0.255 e. The number of ether oxygens (including phenoxy) is 1. The fourth-order valence-electron chi connectivity index (χ4n) is 2.58. The van der Waals surface area contributed by atoms with Gasteiger partial charge in [-0.25, -0.2) is 8.78 Å². The Labute approximate surface area is 123 Å². The van der Waals surface area contributed by atoms with E-state index in [0.717, 1.165) is 6.07 Å². The van der Waals surface area contributed by atoms with E-state index in [2.05, 4.69) is 0 Å². The number of halogens is 2. The van der Waals surface area contributed by atoms with E-state index in [1.807, 2.05) is 4.90 Å². The first-order valence-electron chi connectivity index (χ1n) is 6.84. The zero-order chi connectivity index (χ0) is 15.6. The van der Waals surface area contributed by atoms with Crippen LogP contribution in [0.25, 0.3) is 0 Å². The molecule has 2 rings (SSSR count). The van der Waals surface area contributed by atoms with E-state index >= 15 is 0 Å². The molecule has 0 unspecified atom stereocenters. The molecule has 21 heavy (non-hydrogen) atoms. The molecule has 0 aliphatic carbocycles. The monoisotopic (exact) mass is 298 g/mol. The minimum Gasteiger partial charge on any atom is -0.363 e. The van der Waals surface area contributed by atoms with Crippen LogP contribution in [0.3, 0.4) is 0 Å². The third-order valence-corrected chi connectivity index (χ3v) is 3.60. The van der Waals surface area contributed by atoms with Crippen molar-refractivity contribution in [2.24, 2.45) is 0 Å². The summed E-state index contributed by atoms with van der Waals surface area (Å²) in [7, 11) is 3.37. The minimum absolute atomic E-state index is 0.0995. The number of carbonyl (C=O) groups is 1.